The van der Waals surface area contributed by atoms with Crippen molar-refractivity contribution in [3.63, 3.8) is 0 Å². The Labute approximate surface area is 146 Å². The topological polar surface area (TPSA) is 53.6 Å². The van der Waals surface area contributed by atoms with E-state index >= 15 is 0 Å². The number of nitrogens with one attached hydrogen (secondary N) is 2. The van der Waals surface area contributed by atoms with Crippen molar-refractivity contribution in [3.8, 4) is 5.75 Å². The van der Waals surface area contributed by atoms with Gasteiger partial charge in [0.2, 0.25) is 0 Å². The van der Waals surface area contributed by atoms with Crippen LogP contribution in [0.3, 0.4) is 0 Å². The summed E-state index contributed by atoms with van der Waals surface area (Å²) in [7, 11) is 4.04. The first-order chi connectivity index (χ1) is 11.6. The number of urea groups is 1. The molecule has 1 aromatic heterocycles. The third kappa shape index (κ3) is 4.07. The molecule has 2 heterocycles. The molecule has 2 amide bonds. The summed E-state index contributed by atoms with van der Waals surface area (Å²) >= 11 is 1.67. The second kappa shape index (κ2) is 7.68. The number of carbonyl (C=O) groups excluding carboxylic acids is 1. The molecule has 0 aliphatic carbocycles. The lowest BCUT2D eigenvalue weighted by Gasteiger charge is -2.24. The van der Waals surface area contributed by atoms with Crippen molar-refractivity contribution in [3.05, 3.63) is 52.2 Å². The van der Waals surface area contributed by atoms with E-state index < -0.39 is 0 Å². The number of likely N-dealkylation sites (N-methyl/N-ethyl adjacent to an activating group) is 1. The highest BCUT2D eigenvalue weighted by Gasteiger charge is 2.23. The van der Waals surface area contributed by atoms with Crippen molar-refractivity contribution < 1.29 is 9.53 Å². The summed E-state index contributed by atoms with van der Waals surface area (Å²) in [5, 5.41) is 10.0. The summed E-state index contributed by atoms with van der Waals surface area (Å²) in [6.45, 7) is 1.08. The number of amides is 2. The number of fused-ring (bicyclic) bond motifs is 1. The first-order valence-corrected chi connectivity index (χ1v) is 9.02. The van der Waals surface area contributed by atoms with Crippen LogP contribution in [-0.2, 0) is 6.42 Å². The zero-order valence-corrected chi connectivity index (χ0v) is 14.8. The monoisotopic (exact) mass is 345 g/mol. The quantitative estimate of drug-likeness (QED) is 0.846. The van der Waals surface area contributed by atoms with Crippen molar-refractivity contribution >= 4 is 17.4 Å². The van der Waals surface area contributed by atoms with E-state index in [1.165, 1.54) is 11.1 Å². The van der Waals surface area contributed by atoms with Crippen LogP contribution in [0, 0.1) is 0 Å². The highest BCUT2D eigenvalue weighted by atomic mass is 32.1. The SMILES string of the molecule is CN(C)[C@H](CNC(=O)NC[C@H]1Cc2ccccc2O1)c1ccsc1. The standard InChI is InChI=1S/C18H23N3O2S/c1-21(2)16(14-7-8-24-12-14)11-20-18(22)19-10-15-9-13-5-3-4-6-17(13)23-15/h3-8,12,15-16H,9-11H2,1-2H3,(H2,19,20,22)/t15-,16-/m1/s1. The molecule has 2 N–H and O–H groups in total. The van der Waals surface area contributed by atoms with E-state index in [4.69, 9.17) is 4.74 Å². The lowest BCUT2D eigenvalue weighted by atomic mass is 10.1. The Balaban J connectivity index is 1.43. The molecule has 2 aromatic rings. The molecule has 2 atom stereocenters. The smallest absolute Gasteiger partial charge is 0.314 e. The largest absolute Gasteiger partial charge is 0.488 e. The van der Waals surface area contributed by atoms with Crippen LogP contribution in [-0.4, -0.2) is 44.2 Å². The third-order valence-electron chi connectivity index (χ3n) is 4.21. The van der Waals surface area contributed by atoms with E-state index in [1.54, 1.807) is 11.3 Å². The van der Waals surface area contributed by atoms with Gasteiger partial charge in [0.25, 0.3) is 0 Å². The Bertz CT molecular complexity index is 648. The number of hydrogen-bond acceptors (Lipinski definition) is 4. The summed E-state index contributed by atoms with van der Waals surface area (Å²) in [5.41, 5.74) is 2.43. The molecular weight excluding hydrogens is 322 g/mol. The van der Waals surface area contributed by atoms with E-state index in [0.717, 1.165) is 12.2 Å². The molecule has 1 aliphatic rings. The van der Waals surface area contributed by atoms with Gasteiger partial charge in [-0.25, -0.2) is 4.79 Å². The molecule has 3 rings (SSSR count). The number of rotatable bonds is 6. The van der Waals surface area contributed by atoms with Gasteiger partial charge in [0.1, 0.15) is 11.9 Å². The molecule has 0 bridgehead atoms. The predicted octanol–water partition coefficient (Wildman–Crippen LogP) is 2.65. The Kier molecular flexibility index (Phi) is 5.37. The maximum absolute atomic E-state index is 12.1. The number of hydrogen-bond donors (Lipinski definition) is 2. The normalized spacial score (nSPS) is 17.2. The van der Waals surface area contributed by atoms with Crippen LogP contribution >= 0.6 is 11.3 Å². The molecule has 0 saturated carbocycles. The van der Waals surface area contributed by atoms with E-state index in [-0.39, 0.29) is 18.2 Å². The van der Waals surface area contributed by atoms with Crippen LogP contribution in [0.15, 0.2) is 41.1 Å². The van der Waals surface area contributed by atoms with Crippen LogP contribution in [0.1, 0.15) is 17.2 Å². The van der Waals surface area contributed by atoms with Gasteiger partial charge < -0.3 is 20.3 Å². The summed E-state index contributed by atoms with van der Waals surface area (Å²) in [6, 6.07) is 10.1. The highest BCUT2D eigenvalue weighted by molar-refractivity contribution is 7.07. The minimum atomic E-state index is -0.156. The molecule has 0 fully saturated rings. The summed E-state index contributed by atoms with van der Waals surface area (Å²) < 4.78 is 5.83. The van der Waals surface area contributed by atoms with E-state index in [9.17, 15) is 4.79 Å². The Hall–Kier alpha value is -2.05. The van der Waals surface area contributed by atoms with Gasteiger partial charge in [-0.3, -0.25) is 0 Å². The lowest BCUT2D eigenvalue weighted by molar-refractivity contribution is 0.210. The van der Waals surface area contributed by atoms with Gasteiger partial charge in [-0.1, -0.05) is 18.2 Å². The van der Waals surface area contributed by atoms with Crippen molar-refractivity contribution in [2.45, 2.75) is 18.6 Å². The fourth-order valence-electron chi connectivity index (χ4n) is 2.89. The molecule has 0 unspecified atom stereocenters. The predicted molar refractivity (Wildman–Crippen MR) is 96.7 cm³/mol. The lowest BCUT2D eigenvalue weighted by Crippen LogP contribution is -2.43. The van der Waals surface area contributed by atoms with Crippen molar-refractivity contribution in [1.82, 2.24) is 15.5 Å². The average Bonchev–Trinajstić information content (AvgIpc) is 3.22. The number of nitrogens with zero attached hydrogens (tertiary/aromatic N) is 1. The van der Waals surface area contributed by atoms with Gasteiger partial charge in [0.15, 0.2) is 0 Å². The number of ether oxygens (including phenoxy) is 1. The molecule has 128 valence electrons. The van der Waals surface area contributed by atoms with Gasteiger partial charge in [-0.15, -0.1) is 0 Å². The maximum Gasteiger partial charge on any atom is 0.314 e. The van der Waals surface area contributed by atoms with Crippen LogP contribution in [0.5, 0.6) is 5.75 Å². The zero-order valence-electron chi connectivity index (χ0n) is 14.0. The van der Waals surface area contributed by atoms with Crippen LogP contribution in [0.4, 0.5) is 4.79 Å². The van der Waals surface area contributed by atoms with Gasteiger partial charge in [-0.2, -0.15) is 11.3 Å². The number of para-hydroxylation sites is 1. The Morgan fingerprint density at radius 1 is 1.33 bits per heavy atom. The molecule has 0 saturated heterocycles. The number of thiophene rings is 1. The minimum Gasteiger partial charge on any atom is -0.488 e. The van der Waals surface area contributed by atoms with Crippen molar-refractivity contribution in [2.75, 3.05) is 27.2 Å². The summed E-state index contributed by atoms with van der Waals surface area (Å²) in [5.74, 6) is 0.926. The molecule has 5 nitrogen and oxygen atoms in total. The van der Waals surface area contributed by atoms with E-state index in [0.29, 0.717) is 13.1 Å². The fraction of sp³-hybridized carbons (Fsp3) is 0.389. The molecule has 24 heavy (non-hydrogen) atoms. The van der Waals surface area contributed by atoms with Gasteiger partial charge in [0.05, 0.1) is 12.6 Å². The first kappa shape index (κ1) is 16.8. The molecule has 1 aromatic carbocycles. The molecular formula is C18H23N3O2S. The third-order valence-corrected chi connectivity index (χ3v) is 4.91. The maximum atomic E-state index is 12.1. The summed E-state index contributed by atoms with van der Waals surface area (Å²) in [6.07, 6.45) is 0.848. The fourth-order valence-corrected chi connectivity index (χ4v) is 3.60. The molecule has 0 spiro atoms. The second-order valence-corrected chi connectivity index (χ2v) is 6.96. The van der Waals surface area contributed by atoms with Crippen LogP contribution in [0.2, 0.25) is 0 Å². The molecule has 6 heteroatoms. The van der Waals surface area contributed by atoms with E-state index in [2.05, 4.69) is 38.4 Å². The Morgan fingerprint density at radius 2 is 2.17 bits per heavy atom. The van der Waals surface area contributed by atoms with Gasteiger partial charge >= 0.3 is 6.03 Å². The van der Waals surface area contributed by atoms with E-state index in [1.807, 2.05) is 32.3 Å². The summed E-state index contributed by atoms with van der Waals surface area (Å²) in [4.78, 5) is 14.2. The van der Waals surface area contributed by atoms with Gasteiger partial charge in [-0.05, 0) is 48.1 Å². The molecule has 0 radical (unpaired) electrons. The van der Waals surface area contributed by atoms with Crippen LogP contribution in [0.25, 0.3) is 0 Å². The number of carbonyl (C=O) groups is 1. The van der Waals surface area contributed by atoms with Gasteiger partial charge in [0, 0.05) is 13.0 Å². The highest BCUT2D eigenvalue weighted by Crippen LogP contribution is 2.27. The Morgan fingerprint density at radius 3 is 2.88 bits per heavy atom. The zero-order chi connectivity index (χ0) is 16.9. The first-order valence-electron chi connectivity index (χ1n) is 8.08. The van der Waals surface area contributed by atoms with Crippen molar-refractivity contribution in [2.24, 2.45) is 0 Å². The number of benzene rings is 1. The van der Waals surface area contributed by atoms with Crippen LogP contribution < -0.4 is 15.4 Å². The minimum absolute atomic E-state index is 0.00895. The molecule has 1 aliphatic heterocycles. The second-order valence-electron chi connectivity index (χ2n) is 6.18. The van der Waals surface area contributed by atoms with Crippen molar-refractivity contribution in [1.29, 1.82) is 0 Å². The average molecular weight is 345 g/mol.